The molecule has 0 saturated heterocycles. The van der Waals surface area contributed by atoms with Gasteiger partial charge in [0.2, 0.25) is 0 Å². The molecule has 0 aromatic heterocycles. The Morgan fingerprint density at radius 2 is 0.789 bits per heavy atom. The second-order valence-corrected chi connectivity index (χ2v) is 5.25. The van der Waals surface area contributed by atoms with Crippen molar-refractivity contribution < 1.29 is 37.7 Å². The zero-order valence-electron chi connectivity index (χ0n) is 10.0. The smallest absolute Gasteiger partial charge is 0.232 e. The molecule has 0 aliphatic rings. The van der Waals surface area contributed by atoms with Gasteiger partial charge < -0.3 is 0 Å². The van der Waals surface area contributed by atoms with Crippen LogP contribution in [0.3, 0.4) is 0 Å². The van der Waals surface area contributed by atoms with E-state index in [9.17, 15) is 18.3 Å². The first-order chi connectivity index (χ1) is 8.61. The summed E-state index contributed by atoms with van der Waals surface area (Å²) in [5, 5.41) is 0.736. The van der Waals surface area contributed by atoms with Crippen molar-refractivity contribution in [1.82, 2.24) is 0 Å². The van der Waals surface area contributed by atoms with Crippen molar-refractivity contribution in [1.29, 1.82) is 0 Å². The average molecular weight is 346 g/mol. The summed E-state index contributed by atoms with van der Waals surface area (Å²) in [6.07, 6.45) is 0. The van der Waals surface area contributed by atoms with Crippen LogP contribution in [-0.2, 0) is 37.7 Å². The van der Waals surface area contributed by atoms with Gasteiger partial charge in [-0.15, -0.1) is 0 Å². The van der Waals surface area contributed by atoms with Crippen molar-refractivity contribution in [2.45, 2.75) is 0 Å². The Morgan fingerprint density at radius 3 is 0.947 bits per heavy atom. The van der Waals surface area contributed by atoms with E-state index in [1.807, 2.05) is 0 Å². The molecule has 2 aromatic rings. The summed E-state index contributed by atoms with van der Waals surface area (Å²) in [6, 6.07) is 16.6. The van der Waals surface area contributed by atoms with Gasteiger partial charge in [-0.25, -0.2) is 18.3 Å². The third kappa shape index (κ3) is 7.13. The molecule has 19 heavy (non-hydrogen) atoms. The van der Waals surface area contributed by atoms with Crippen LogP contribution < -0.4 is 10.6 Å². The standard InChI is InChI=1S/2C6H5O2P.Zn/c2*7-9(8)6-4-2-1-3-5-6;/h2*1-5H;/q;;+2. The predicted molar refractivity (Wildman–Crippen MR) is 68.7 cm³/mol. The number of rotatable bonds is 2. The summed E-state index contributed by atoms with van der Waals surface area (Å²) in [7, 11) is -4.79. The van der Waals surface area contributed by atoms with Crippen molar-refractivity contribution in [3.63, 3.8) is 0 Å². The summed E-state index contributed by atoms with van der Waals surface area (Å²) in [6.45, 7) is 0. The average Bonchev–Trinajstić information content (AvgIpc) is 2.41. The first-order valence-electron chi connectivity index (χ1n) is 5.00. The van der Waals surface area contributed by atoms with Gasteiger partial charge in [0, 0.05) is 0 Å². The van der Waals surface area contributed by atoms with Gasteiger partial charge in [-0.1, -0.05) is 36.4 Å². The van der Waals surface area contributed by atoms with Gasteiger partial charge in [-0.3, -0.25) is 0 Å². The molecule has 0 saturated carbocycles. The minimum absolute atomic E-state index is 0. The van der Waals surface area contributed by atoms with E-state index < -0.39 is 15.4 Å². The normalized spacial score (nSPS) is 8.42. The maximum atomic E-state index is 10.2. The van der Waals surface area contributed by atoms with Crippen molar-refractivity contribution in [3.05, 3.63) is 60.7 Å². The van der Waals surface area contributed by atoms with Crippen LogP contribution in [0.4, 0.5) is 0 Å². The van der Waals surface area contributed by atoms with E-state index in [4.69, 9.17) is 0 Å². The molecule has 0 unspecified atom stereocenters. The molecule has 0 aliphatic carbocycles. The zero-order valence-corrected chi connectivity index (χ0v) is 14.8. The van der Waals surface area contributed by atoms with E-state index >= 15 is 0 Å². The summed E-state index contributed by atoms with van der Waals surface area (Å²) in [5.41, 5.74) is 0. The van der Waals surface area contributed by atoms with Crippen LogP contribution in [0.15, 0.2) is 60.7 Å². The third-order valence-electron chi connectivity index (χ3n) is 1.93. The minimum Gasteiger partial charge on any atom is -0.232 e. The molecule has 2 aromatic carbocycles. The van der Waals surface area contributed by atoms with Crippen molar-refractivity contribution in [3.8, 4) is 0 Å². The SMILES string of the molecule is O=P(=O)c1ccccc1.O=P(=O)c1ccccc1.[Zn+2]. The van der Waals surface area contributed by atoms with Gasteiger partial charge in [0.15, 0.2) is 0 Å². The Morgan fingerprint density at radius 1 is 0.526 bits per heavy atom. The molecule has 0 fully saturated rings. The molecular formula is C12H10O4P2Zn+2. The first-order valence-corrected chi connectivity index (χ1v) is 7.35. The fourth-order valence-corrected chi connectivity index (χ4v) is 1.93. The molecule has 0 aliphatic heterocycles. The monoisotopic (exact) mass is 344 g/mol. The first kappa shape index (κ1) is 17.9. The minimum atomic E-state index is -2.40. The molecular weight excluding hydrogens is 335 g/mol. The Hall–Kier alpha value is -1.14. The Bertz CT molecular complexity index is 549. The van der Waals surface area contributed by atoms with Crippen LogP contribution in [0, 0.1) is 0 Å². The fraction of sp³-hybridized carbons (Fsp3) is 0. The van der Waals surface area contributed by atoms with Crippen molar-refractivity contribution in [2.24, 2.45) is 0 Å². The fourth-order valence-electron chi connectivity index (χ4n) is 1.10. The molecule has 0 heterocycles. The van der Waals surface area contributed by atoms with E-state index in [0.717, 1.165) is 0 Å². The van der Waals surface area contributed by atoms with Crippen LogP contribution in [-0.4, -0.2) is 0 Å². The van der Waals surface area contributed by atoms with Gasteiger partial charge in [0.25, 0.3) is 0 Å². The number of hydrogen-bond acceptors (Lipinski definition) is 4. The molecule has 0 radical (unpaired) electrons. The van der Waals surface area contributed by atoms with Crippen LogP contribution in [0.5, 0.6) is 0 Å². The van der Waals surface area contributed by atoms with Crippen LogP contribution in [0.1, 0.15) is 0 Å². The summed E-state index contributed by atoms with van der Waals surface area (Å²) in [5.74, 6) is 0. The summed E-state index contributed by atoms with van der Waals surface area (Å²) >= 11 is 0. The maximum Gasteiger partial charge on any atom is 2.00 e. The molecule has 92 valence electrons. The molecule has 0 spiro atoms. The van der Waals surface area contributed by atoms with Gasteiger partial charge in [0.1, 0.15) is 0 Å². The molecule has 4 nitrogen and oxygen atoms in total. The van der Waals surface area contributed by atoms with E-state index in [-0.39, 0.29) is 19.5 Å². The topological polar surface area (TPSA) is 68.3 Å². The number of benzene rings is 2. The second kappa shape index (κ2) is 9.75. The zero-order chi connectivity index (χ0) is 13.4. The van der Waals surface area contributed by atoms with Crippen LogP contribution in [0.2, 0.25) is 0 Å². The molecule has 2 rings (SSSR count). The predicted octanol–water partition coefficient (Wildman–Crippen LogP) is 2.97. The molecule has 0 bridgehead atoms. The third-order valence-corrected chi connectivity index (χ3v) is 3.37. The second-order valence-electron chi connectivity index (χ2n) is 3.19. The van der Waals surface area contributed by atoms with Crippen LogP contribution in [0.25, 0.3) is 0 Å². The number of hydrogen-bond donors (Lipinski definition) is 0. The maximum absolute atomic E-state index is 10.2. The van der Waals surface area contributed by atoms with Gasteiger partial charge >= 0.3 is 34.8 Å². The Balaban J connectivity index is 0.000000324. The Labute approximate surface area is 124 Å². The van der Waals surface area contributed by atoms with E-state index in [1.54, 1.807) is 60.7 Å². The van der Waals surface area contributed by atoms with Crippen molar-refractivity contribution in [2.75, 3.05) is 0 Å². The molecule has 0 N–H and O–H groups in total. The molecule has 7 heteroatoms. The van der Waals surface area contributed by atoms with Gasteiger partial charge in [-0.05, 0) is 24.3 Å². The van der Waals surface area contributed by atoms with Gasteiger partial charge in [0.05, 0.1) is 10.6 Å². The van der Waals surface area contributed by atoms with E-state index in [0.29, 0.717) is 10.6 Å². The quantitative estimate of drug-likeness (QED) is 0.620. The van der Waals surface area contributed by atoms with Gasteiger partial charge in [-0.2, -0.15) is 0 Å². The Kier molecular flexibility index (Phi) is 9.17. The van der Waals surface area contributed by atoms with Crippen LogP contribution >= 0.6 is 15.4 Å². The summed E-state index contributed by atoms with van der Waals surface area (Å²) in [4.78, 5) is 0. The largest absolute Gasteiger partial charge is 2.00 e. The van der Waals surface area contributed by atoms with Crippen molar-refractivity contribution >= 4 is 26.0 Å². The van der Waals surface area contributed by atoms with E-state index in [1.165, 1.54) is 0 Å². The summed E-state index contributed by atoms with van der Waals surface area (Å²) < 4.78 is 41.0. The van der Waals surface area contributed by atoms with E-state index in [2.05, 4.69) is 0 Å². The molecule has 0 atom stereocenters. The molecule has 0 amide bonds.